The van der Waals surface area contributed by atoms with E-state index in [0.29, 0.717) is 5.92 Å². The van der Waals surface area contributed by atoms with Crippen molar-refractivity contribution in [3.8, 4) is 0 Å². The summed E-state index contributed by atoms with van der Waals surface area (Å²) in [5.41, 5.74) is 1.44. The largest absolute Gasteiger partial charge is 0.316 e. The Hall–Kier alpha value is -0.640. The van der Waals surface area contributed by atoms with Crippen molar-refractivity contribution in [2.24, 2.45) is 0 Å². The van der Waals surface area contributed by atoms with Crippen LogP contribution in [0, 0.1) is 0 Å². The molecule has 0 radical (unpaired) electrons. The van der Waals surface area contributed by atoms with Crippen molar-refractivity contribution in [3.05, 3.63) is 56.7 Å². The lowest BCUT2D eigenvalue weighted by Gasteiger charge is -2.17. The van der Waals surface area contributed by atoms with Gasteiger partial charge in [0.05, 0.1) is 0 Å². The minimum absolute atomic E-state index is 0.599. The summed E-state index contributed by atoms with van der Waals surface area (Å²) in [5.74, 6) is 0.599. The maximum absolute atomic E-state index is 3.52. The Morgan fingerprint density at radius 3 is 2.68 bits per heavy atom. The fourth-order valence-corrected chi connectivity index (χ4v) is 3.70. The number of nitrogens with one attached hydrogen (secondary N) is 1. The topological polar surface area (TPSA) is 12.0 Å². The highest BCUT2D eigenvalue weighted by Gasteiger charge is 2.11. The number of likely N-dealkylation sites (N-methyl/N-ethyl adjacent to an activating group) is 1. The molecule has 0 aliphatic heterocycles. The van der Waals surface area contributed by atoms with Gasteiger partial charge in [0, 0.05) is 21.3 Å². The first-order chi connectivity index (χ1) is 9.29. The maximum Gasteiger partial charge on any atom is 0.0285 e. The van der Waals surface area contributed by atoms with Crippen molar-refractivity contribution in [1.82, 2.24) is 5.32 Å². The summed E-state index contributed by atoms with van der Waals surface area (Å²) in [6, 6.07) is 13.1. The van der Waals surface area contributed by atoms with E-state index in [2.05, 4.69) is 69.9 Å². The minimum Gasteiger partial charge on any atom is -0.316 e. The summed E-state index contributed by atoms with van der Waals surface area (Å²) < 4.78 is 1.20. The van der Waals surface area contributed by atoms with Crippen molar-refractivity contribution in [2.45, 2.75) is 25.7 Å². The van der Waals surface area contributed by atoms with Crippen LogP contribution in [0.3, 0.4) is 0 Å². The Bertz CT molecular complexity index is 481. The molecule has 1 aromatic heterocycles. The van der Waals surface area contributed by atoms with Gasteiger partial charge in [0.1, 0.15) is 0 Å². The van der Waals surface area contributed by atoms with Gasteiger partial charge in [0.2, 0.25) is 0 Å². The van der Waals surface area contributed by atoms with Gasteiger partial charge < -0.3 is 5.32 Å². The number of hydrogen-bond acceptors (Lipinski definition) is 2. The molecule has 0 aliphatic carbocycles. The van der Waals surface area contributed by atoms with E-state index in [-0.39, 0.29) is 0 Å². The standard InChI is InChI=1S/C16H20BrNS/c1-2-18-11-14(13-6-4-3-5-7-13)8-9-16-10-15(17)12-19-16/h3-7,10,12,14,18H,2,8-9,11H2,1H3. The average molecular weight is 338 g/mol. The first-order valence-corrected chi connectivity index (χ1v) is 8.45. The van der Waals surface area contributed by atoms with Crippen LogP contribution < -0.4 is 5.32 Å². The molecule has 1 N–H and O–H groups in total. The molecule has 0 saturated carbocycles. The van der Waals surface area contributed by atoms with Crippen LogP contribution >= 0.6 is 27.3 Å². The summed E-state index contributed by atoms with van der Waals surface area (Å²) >= 11 is 5.37. The monoisotopic (exact) mass is 337 g/mol. The minimum atomic E-state index is 0.599. The van der Waals surface area contributed by atoms with E-state index in [1.165, 1.54) is 21.3 Å². The summed E-state index contributed by atoms with van der Waals surface area (Å²) in [6.07, 6.45) is 2.35. The van der Waals surface area contributed by atoms with Crippen LogP contribution in [-0.2, 0) is 6.42 Å². The summed E-state index contributed by atoms with van der Waals surface area (Å²) in [4.78, 5) is 1.46. The molecular formula is C16H20BrNS. The van der Waals surface area contributed by atoms with Crippen LogP contribution in [-0.4, -0.2) is 13.1 Å². The molecule has 1 heterocycles. The van der Waals surface area contributed by atoms with Gasteiger partial charge in [-0.25, -0.2) is 0 Å². The second kappa shape index (κ2) is 7.83. The lowest BCUT2D eigenvalue weighted by Crippen LogP contribution is -2.21. The molecule has 1 atom stereocenters. The summed E-state index contributed by atoms with van der Waals surface area (Å²) in [7, 11) is 0. The number of aryl methyl sites for hydroxylation is 1. The van der Waals surface area contributed by atoms with E-state index in [1.807, 2.05) is 11.3 Å². The number of benzene rings is 1. The number of thiophene rings is 1. The second-order valence-electron chi connectivity index (χ2n) is 4.69. The molecule has 1 unspecified atom stereocenters. The van der Waals surface area contributed by atoms with Crippen LogP contribution in [0.4, 0.5) is 0 Å². The highest BCUT2D eigenvalue weighted by atomic mass is 79.9. The zero-order valence-electron chi connectivity index (χ0n) is 11.2. The van der Waals surface area contributed by atoms with Crippen LogP contribution in [0.5, 0.6) is 0 Å². The number of hydrogen-bond donors (Lipinski definition) is 1. The molecule has 19 heavy (non-hydrogen) atoms. The van der Waals surface area contributed by atoms with Crippen molar-refractivity contribution in [1.29, 1.82) is 0 Å². The quantitative estimate of drug-likeness (QED) is 0.762. The molecule has 0 saturated heterocycles. The first-order valence-electron chi connectivity index (χ1n) is 6.78. The first kappa shape index (κ1) is 14.8. The van der Waals surface area contributed by atoms with Gasteiger partial charge in [-0.1, -0.05) is 37.3 Å². The molecule has 3 heteroatoms. The third kappa shape index (κ3) is 4.75. The van der Waals surface area contributed by atoms with Gasteiger partial charge >= 0.3 is 0 Å². The number of halogens is 1. The van der Waals surface area contributed by atoms with Gasteiger partial charge in [0.15, 0.2) is 0 Å². The van der Waals surface area contributed by atoms with Crippen LogP contribution in [0.2, 0.25) is 0 Å². The van der Waals surface area contributed by atoms with Gasteiger partial charge in [-0.15, -0.1) is 11.3 Å². The lowest BCUT2D eigenvalue weighted by molar-refractivity contribution is 0.563. The smallest absolute Gasteiger partial charge is 0.0285 e. The molecule has 1 aromatic carbocycles. The Labute approximate surface area is 128 Å². The molecule has 1 nitrogen and oxygen atoms in total. The molecule has 102 valence electrons. The molecule has 0 amide bonds. The SMILES string of the molecule is CCNCC(CCc1cc(Br)cs1)c1ccccc1. The van der Waals surface area contributed by atoms with Gasteiger partial charge in [-0.05, 0) is 52.9 Å². The van der Waals surface area contributed by atoms with Crippen molar-refractivity contribution in [2.75, 3.05) is 13.1 Å². The van der Waals surface area contributed by atoms with Crippen LogP contribution in [0.1, 0.15) is 29.7 Å². The van der Waals surface area contributed by atoms with Crippen molar-refractivity contribution in [3.63, 3.8) is 0 Å². The molecule has 0 aliphatic rings. The van der Waals surface area contributed by atoms with Crippen molar-refractivity contribution >= 4 is 27.3 Å². The lowest BCUT2D eigenvalue weighted by atomic mass is 9.94. The van der Waals surface area contributed by atoms with E-state index in [0.717, 1.165) is 19.5 Å². The highest BCUT2D eigenvalue weighted by Crippen LogP contribution is 2.25. The average Bonchev–Trinajstić information content (AvgIpc) is 2.86. The molecule has 2 rings (SSSR count). The van der Waals surface area contributed by atoms with Crippen LogP contribution in [0.15, 0.2) is 46.3 Å². The van der Waals surface area contributed by atoms with E-state index in [4.69, 9.17) is 0 Å². The molecular weight excluding hydrogens is 318 g/mol. The summed E-state index contributed by atoms with van der Waals surface area (Å²) in [6.45, 7) is 4.26. The fraction of sp³-hybridized carbons (Fsp3) is 0.375. The Kier molecular flexibility index (Phi) is 6.08. The second-order valence-corrected chi connectivity index (χ2v) is 6.60. The third-order valence-corrected chi connectivity index (χ3v) is 5.03. The Morgan fingerprint density at radius 2 is 2.05 bits per heavy atom. The zero-order chi connectivity index (χ0) is 13.5. The third-order valence-electron chi connectivity index (χ3n) is 3.27. The van der Waals surface area contributed by atoms with Crippen molar-refractivity contribution < 1.29 is 0 Å². The molecule has 2 aromatic rings. The van der Waals surface area contributed by atoms with Crippen LogP contribution in [0.25, 0.3) is 0 Å². The Balaban J connectivity index is 1.97. The van der Waals surface area contributed by atoms with E-state index >= 15 is 0 Å². The predicted molar refractivity (Wildman–Crippen MR) is 88.1 cm³/mol. The van der Waals surface area contributed by atoms with E-state index in [9.17, 15) is 0 Å². The zero-order valence-corrected chi connectivity index (χ0v) is 13.6. The normalized spacial score (nSPS) is 12.5. The summed E-state index contributed by atoms with van der Waals surface area (Å²) in [5, 5.41) is 5.65. The predicted octanol–water partition coefficient (Wildman–Crippen LogP) is 4.84. The fourth-order valence-electron chi connectivity index (χ4n) is 2.23. The molecule has 0 spiro atoms. The molecule has 0 fully saturated rings. The van der Waals surface area contributed by atoms with E-state index < -0.39 is 0 Å². The Morgan fingerprint density at radius 1 is 1.26 bits per heavy atom. The van der Waals surface area contributed by atoms with Gasteiger partial charge in [0.25, 0.3) is 0 Å². The number of rotatable bonds is 7. The molecule has 0 bridgehead atoms. The van der Waals surface area contributed by atoms with Gasteiger partial charge in [-0.3, -0.25) is 0 Å². The highest BCUT2D eigenvalue weighted by molar-refractivity contribution is 9.10. The van der Waals surface area contributed by atoms with E-state index in [1.54, 1.807) is 0 Å². The van der Waals surface area contributed by atoms with Gasteiger partial charge in [-0.2, -0.15) is 0 Å². The maximum atomic E-state index is 3.52.